The molecule has 0 amide bonds. The molecule has 3 heteroatoms. The van der Waals surface area contributed by atoms with E-state index in [1.165, 1.54) is 55.6 Å². The highest BCUT2D eigenvalue weighted by molar-refractivity contribution is 5.81. The number of nitrogens with two attached hydrogens (primary N) is 1. The van der Waals surface area contributed by atoms with Crippen LogP contribution in [0.25, 0.3) is 11.1 Å². The highest BCUT2D eigenvalue weighted by atomic mass is 15.2. The van der Waals surface area contributed by atoms with Crippen molar-refractivity contribution in [1.29, 1.82) is 0 Å². The highest BCUT2D eigenvalue weighted by Crippen LogP contribution is 2.35. The maximum Gasteiger partial charge on any atom is 0.0447 e. The molecule has 2 heterocycles. The Balaban J connectivity index is 1.48. The highest BCUT2D eigenvalue weighted by Gasteiger charge is 2.27. The molecule has 2 aromatic carbocycles. The maximum atomic E-state index is 6.10. The van der Waals surface area contributed by atoms with Crippen LogP contribution in [-0.4, -0.2) is 37.1 Å². The lowest BCUT2D eigenvalue weighted by Gasteiger charge is -2.42. The molecule has 3 nitrogen and oxygen atoms in total. The van der Waals surface area contributed by atoms with Gasteiger partial charge in [-0.05, 0) is 68.5 Å². The third-order valence-electron chi connectivity index (χ3n) is 6.25. The second-order valence-corrected chi connectivity index (χ2v) is 8.08. The van der Waals surface area contributed by atoms with E-state index >= 15 is 0 Å². The number of likely N-dealkylation sites (tertiary alicyclic amines) is 1. The van der Waals surface area contributed by atoms with Crippen LogP contribution >= 0.6 is 0 Å². The molecule has 0 unspecified atom stereocenters. The summed E-state index contributed by atoms with van der Waals surface area (Å²) in [5.74, 6) is 0.912. The van der Waals surface area contributed by atoms with Gasteiger partial charge in [-0.15, -0.1) is 0 Å². The van der Waals surface area contributed by atoms with Gasteiger partial charge in [0.2, 0.25) is 0 Å². The smallest absolute Gasteiger partial charge is 0.0447 e. The number of piperidine rings is 2. The van der Waals surface area contributed by atoms with Crippen molar-refractivity contribution >= 4 is 11.4 Å². The summed E-state index contributed by atoms with van der Waals surface area (Å²) in [7, 11) is 0. The lowest BCUT2D eigenvalue weighted by Crippen LogP contribution is -2.47. The van der Waals surface area contributed by atoms with Crippen LogP contribution in [-0.2, 0) is 0 Å². The molecule has 0 spiro atoms. The van der Waals surface area contributed by atoms with Crippen LogP contribution in [0.4, 0.5) is 11.4 Å². The number of rotatable bonds is 3. The quantitative estimate of drug-likeness (QED) is 0.820. The van der Waals surface area contributed by atoms with Crippen LogP contribution in [0.2, 0.25) is 0 Å². The van der Waals surface area contributed by atoms with E-state index in [-0.39, 0.29) is 0 Å². The predicted molar refractivity (Wildman–Crippen MR) is 111 cm³/mol. The summed E-state index contributed by atoms with van der Waals surface area (Å²) in [5, 5.41) is 0. The fourth-order valence-corrected chi connectivity index (χ4v) is 4.54. The molecular formula is C23H31N3. The SMILES string of the molecule is CC1CCN(C2CCN(c3ccc(N)cc3-c3ccccc3)CC2)CC1. The van der Waals surface area contributed by atoms with E-state index in [1.807, 2.05) is 6.07 Å². The second kappa shape index (κ2) is 7.71. The Hall–Kier alpha value is -2.00. The van der Waals surface area contributed by atoms with Crippen LogP contribution in [0, 0.1) is 5.92 Å². The van der Waals surface area contributed by atoms with Crippen LogP contribution in [0.5, 0.6) is 0 Å². The molecule has 138 valence electrons. The predicted octanol–water partition coefficient (Wildman–Crippen LogP) is 4.64. The first-order valence-electron chi connectivity index (χ1n) is 10.1. The van der Waals surface area contributed by atoms with Crippen molar-refractivity contribution in [3.63, 3.8) is 0 Å². The Morgan fingerprint density at radius 3 is 2.23 bits per heavy atom. The van der Waals surface area contributed by atoms with Crippen molar-refractivity contribution in [1.82, 2.24) is 4.90 Å². The van der Waals surface area contributed by atoms with E-state index in [0.717, 1.165) is 30.7 Å². The minimum absolute atomic E-state index is 0.771. The Bertz CT molecular complexity index is 711. The fourth-order valence-electron chi connectivity index (χ4n) is 4.54. The largest absolute Gasteiger partial charge is 0.399 e. The van der Waals surface area contributed by atoms with Gasteiger partial charge in [-0.25, -0.2) is 0 Å². The van der Waals surface area contributed by atoms with Gasteiger partial charge in [0.15, 0.2) is 0 Å². The van der Waals surface area contributed by atoms with Gasteiger partial charge in [0, 0.05) is 36.1 Å². The van der Waals surface area contributed by atoms with Crippen molar-refractivity contribution in [2.75, 3.05) is 36.8 Å². The summed E-state index contributed by atoms with van der Waals surface area (Å²) in [6.07, 6.45) is 5.28. The Morgan fingerprint density at radius 2 is 1.54 bits per heavy atom. The zero-order valence-electron chi connectivity index (χ0n) is 15.9. The van der Waals surface area contributed by atoms with Crippen LogP contribution < -0.4 is 10.6 Å². The van der Waals surface area contributed by atoms with Crippen molar-refractivity contribution < 1.29 is 0 Å². The zero-order chi connectivity index (χ0) is 17.9. The summed E-state index contributed by atoms with van der Waals surface area (Å²) in [5.41, 5.74) is 10.8. The van der Waals surface area contributed by atoms with E-state index in [0.29, 0.717) is 0 Å². The third kappa shape index (κ3) is 3.73. The molecule has 2 aliphatic rings. The van der Waals surface area contributed by atoms with Gasteiger partial charge in [0.05, 0.1) is 0 Å². The average Bonchev–Trinajstić information content (AvgIpc) is 2.69. The first-order chi connectivity index (χ1) is 12.7. The van der Waals surface area contributed by atoms with E-state index < -0.39 is 0 Å². The van der Waals surface area contributed by atoms with E-state index in [2.05, 4.69) is 59.2 Å². The van der Waals surface area contributed by atoms with Crippen LogP contribution in [0.3, 0.4) is 0 Å². The second-order valence-electron chi connectivity index (χ2n) is 8.08. The van der Waals surface area contributed by atoms with Gasteiger partial charge in [-0.1, -0.05) is 37.3 Å². The topological polar surface area (TPSA) is 32.5 Å². The maximum absolute atomic E-state index is 6.10. The zero-order valence-corrected chi connectivity index (χ0v) is 15.9. The van der Waals surface area contributed by atoms with Gasteiger partial charge in [0.1, 0.15) is 0 Å². The molecule has 2 aliphatic heterocycles. The third-order valence-corrected chi connectivity index (χ3v) is 6.25. The van der Waals surface area contributed by atoms with Crippen LogP contribution in [0.1, 0.15) is 32.6 Å². The van der Waals surface area contributed by atoms with Gasteiger partial charge in [0.25, 0.3) is 0 Å². The Labute approximate surface area is 157 Å². The summed E-state index contributed by atoms with van der Waals surface area (Å²) in [6, 6.07) is 17.8. The van der Waals surface area contributed by atoms with Gasteiger partial charge in [-0.2, -0.15) is 0 Å². The molecule has 2 N–H and O–H groups in total. The minimum Gasteiger partial charge on any atom is -0.399 e. The number of anilines is 2. The molecule has 0 radical (unpaired) electrons. The molecule has 2 saturated heterocycles. The van der Waals surface area contributed by atoms with Crippen molar-refractivity contribution in [3.05, 3.63) is 48.5 Å². The van der Waals surface area contributed by atoms with Crippen molar-refractivity contribution in [2.45, 2.75) is 38.6 Å². The van der Waals surface area contributed by atoms with Crippen molar-refractivity contribution in [3.8, 4) is 11.1 Å². The van der Waals surface area contributed by atoms with Crippen LogP contribution in [0.15, 0.2) is 48.5 Å². The lowest BCUT2D eigenvalue weighted by molar-refractivity contribution is 0.120. The van der Waals surface area contributed by atoms with E-state index in [4.69, 9.17) is 5.73 Å². The number of nitrogen functional groups attached to an aromatic ring is 1. The van der Waals surface area contributed by atoms with E-state index in [9.17, 15) is 0 Å². The fraction of sp³-hybridized carbons (Fsp3) is 0.478. The summed E-state index contributed by atoms with van der Waals surface area (Å²) in [6.45, 7) is 7.26. The lowest BCUT2D eigenvalue weighted by atomic mass is 9.94. The standard InChI is InChI=1S/C23H31N3/c1-18-9-13-25(14-10-18)21-11-15-26(16-12-21)23-8-7-20(24)17-22(23)19-5-3-2-4-6-19/h2-8,17-18,21H,9-16,24H2,1H3. The normalized spacial score (nSPS) is 20.4. The molecule has 26 heavy (non-hydrogen) atoms. The molecule has 0 atom stereocenters. The minimum atomic E-state index is 0.771. The summed E-state index contributed by atoms with van der Waals surface area (Å²) in [4.78, 5) is 5.31. The number of nitrogens with zero attached hydrogens (tertiary/aromatic N) is 2. The molecule has 0 saturated carbocycles. The van der Waals surface area contributed by atoms with Gasteiger partial charge >= 0.3 is 0 Å². The molecule has 0 bridgehead atoms. The molecule has 2 fully saturated rings. The number of hydrogen-bond acceptors (Lipinski definition) is 3. The molecule has 2 aromatic rings. The molecule has 4 rings (SSSR count). The van der Waals surface area contributed by atoms with Crippen molar-refractivity contribution in [2.24, 2.45) is 5.92 Å². The first kappa shape index (κ1) is 17.4. The molecular weight excluding hydrogens is 318 g/mol. The van der Waals surface area contributed by atoms with E-state index in [1.54, 1.807) is 0 Å². The Kier molecular flexibility index (Phi) is 5.16. The summed E-state index contributed by atoms with van der Waals surface area (Å²) >= 11 is 0. The number of benzene rings is 2. The molecule has 0 aromatic heterocycles. The average molecular weight is 350 g/mol. The number of hydrogen-bond donors (Lipinski definition) is 1. The summed E-state index contributed by atoms with van der Waals surface area (Å²) < 4.78 is 0. The first-order valence-corrected chi connectivity index (χ1v) is 10.1. The Morgan fingerprint density at radius 1 is 0.846 bits per heavy atom. The van der Waals surface area contributed by atoms with Gasteiger partial charge < -0.3 is 15.5 Å². The van der Waals surface area contributed by atoms with Gasteiger partial charge in [-0.3, -0.25) is 0 Å². The molecule has 0 aliphatic carbocycles. The monoisotopic (exact) mass is 349 g/mol.